The molecule has 1 N–H and O–H groups in total. The van der Waals surface area contributed by atoms with Crippen LogP contribution in [0, 0.1) is 29.1 Å². The summed E-state index contributed by atoms with van der Waals surface area (Å²) in [5, 5.41) is 16.6. The largest absolute Gasteiger partial charge is 0.457 e. The summed E-state index contributed by atoms with van der Waals surface area (Å²) in [5.74, 6) is -5.54. The Labute approximate surface area is 284 Å². The third-order valence-corrected chi connectivity index (χ3v) is 9.89. The maximum atomic E-state index is 16.5. The second-order valence-electron chi connectivity index (χ2n) is 15.2. The Morgan fingerprint density at radius 2 is 1.69 bits per heavy atom. The van der Waals surface area contributed by atoms with Gasteiger partial charge in [0.15, 0.2) is 5.78 Å². The summed E-state index contributed by atoms with van der Waals surface area (Å²) in [7, 11) is 0. The van der Waals surface area contributed by atoms with Gasteiger partial charge in [0.2, 0.25) is 5.91 Å². The maximum absolute atomic E-state index is 16.5. The second-order valence-corrected chi connectivity index (χ2v) is 15.2. The lowest BCUT2D eigenvalue weighted by Crippen LogP contribution is -2.59. The number of aliphatic hydroxyl groups is 1. The molecule has 9 unspecified atom stereocenters. The molecule has 268 valence electrons. The van der Waals surface area contributed by atoms with Gasteiger partial charge in [-0.15, -0.1) is 0 Å². The summed E-state index contributed by atoms with van der Waals surface area (Å²) in [4.78, 5) is 50.3. The normalized spacial score (nSPS) is 37.7. The fraction of sp³-hybridized carbons (Fsp3) is 0.703. The number of rotatable bonds is 4. The third-order valence-electron chi connectivity index (χ3n) is 9.89. The first-order valence-electron chi connectivity index (χ1n) is 16.9. The number of ether oxygens (including phenoxy) is 3. The fourth-order valence-corrected chi connectivity index (χ4v) is 8.02. The highest BCUT2D eigenvalue weighted by Gasteiger charge is 2.57. The van der Waals surface area contributed by atoms with Gasteiger partial charge >= 0.3 is 5.97 Å². The average Bonchev–Trinajstić information content (AvgIpc) is 3.00. The number of esters is 1. The Balaban J connectivity index is 2.34. The zero-order valence-corrected chi connectivity index (χ0v) is 30.5. The van der Waals surface area contributed by atoms with E-state index in [0.717, 1.165) is 12.5 Å². The molecule has 48 heavy (non-hydrogen) atoms. The summed E-state index contributed by atoms with van der Waals surface area (Å²) in [5.41, 5.74) is -5.00. The second kappa shape index (κ2) is 15.3. The van der Waals surface area contributed by atoms with Crippen molar-refractivity contribution in [2.45, 2.75) is 125 Å². The summed E-state index contributed by atoms with van der Waals surface area (Å²) >= 11 is 0. The molecule has 2 saturated heterocycles. The molecule has 0 spiro atoms. The van der Waals surface area contributed by atoms with Crippen molar-refractivity contribution < 1.29 is 42.9 Å². The minimum atomic E-state index is -3.01. The number of hydrogen-bond acceptors (Lipinski definition) is 9. The van der Waals surface area contributed by atoms with Gasteiger partial charge in [0.1, 0.15) is 24.0 Å². The fourth-order valence-electron chi connectivity index (χ4n) is 8.02. The molecule has 0 saturated carbocycles. The van der Waals surface area contributed by atoms with E-state index in [1.165, 1.54) is 13.8 Å². The van der Waals surface area contributed by atoms with Crippen molar-refractivity contribution in [3.63, 3.8) is 0 Å². The molecular weight excluding hydrogens is 619 g/mol. The minimum absolute atomic E-state index is 0.0759. The van der Waals surface area contributed by atoms with Crippen molar-refractivity contribution in [3.8, 4) is 0 Å². The van der Waals surface area contributed by atoms with E-state index >= 15 is 4.39 Å². The van der Waals surface area contributed by atoms with Crippen LogP contribution in [0.3, 0.4) is 0 Å². The number of hydrogen-bond donors (Lipinski definition) is 1. The number of aliphatic imine (C=N–C) groups is 1. The van der Waals surface area contributed by atoms with Crippen molar-refractivity contribution in [1.29, 1.82) is 0 Å². The molecule has 1 amide bonds. The van der Waals surface area contributed by atoms with Crippen LogP contribution in [-0.2, 0) is 40.0 Å². The highest BCUT2D eigenvalue weighted by Crippen LogP contribution is 2.48. The molecule has 0 aliphatic carbocycles. The molecule has 2 aliphatic rings. The quantitative estimate of drug-likeness (QED) is 0.231. The van der Waals surface area contributed by atoms with Gasteiger partial charge in [-0.25, -0.2) is 14.2 Å². The van der Waals surface area contributed by atoms with Crippen LogP contribution in [-0.4, -0.2) is 76.5 Å². The van der Waals surface area contributed by atoms with Gasteiger partial charge in [0.05, 0.1) is 24.9 Å². The van der Waals surface area contributed by atoms with Gasteiger partial charge in [-0.3, -0.25) is 9.59 Å². The molecule has 1 aromatic carbocycles. The SMILES string of the molecule is CCC1OC(=O)C(C)(F)C(=O)C(C)C(C(C)(C)C)C2(C)CC(C)C(=NC(C)=O)C(C)C(OC/C(=N/OCc3ccccc3)CO2)C1(C)O. The first kappa shape index (κ1) is 39.4. The predicted octanol–water partition coefficient (Wildman–Crippen LogP) is 6.07. The van der Waals surface area contributed by atoms with Crippen LogP contribution in [0.1, 0.15) is 94.6 Å². The number of fused-ring (bicyclic) bond motifs is 5. The molecule has 2 bridgehead atoms. The third kappa shape index (κ3) is 8.76. The van der Waals surface area contributed by atoms with Gasteiger partial charge in [-0.1, -0.05) is 84.0 Å². The number of carbonyl (C=O) groups is 3. The van der Waals surface area contributed by atoms with E-state index in [1.807, 2.05) is 65.0 Å². The number of amides is 1. The lowest BCUT2D eigenvalue weighted by atomic mass is 9.60. The van der Waals surface area contributed by atoms with Crippen LogP contribution in [0.15, 0.2) is 40.5 Å². The number of alkyl halides is 1. The average molecular weight is 675 g/mol. The molecule has 2 aliphatic heterocycles. The van der Waals surface area contributed by atoms with Crippen molar-refractivity contribution in [1.82, 2.24) is 0 Å². The number of ketones is 1. The van der Waals surface area contributed by atoms with Gasteiger partial charge in [-0.2, -0.15) is 0 Å². The number of benzene rings is 1. The van der Waals surface area contributed by atoms with Gasteiger partial charge in [-0.05, 0) is 50.5 Å². The van der Waals surface area contributed by atoms with Crippen LogP contribution in [0.25, 0.3) is 0 Å². The molecule has 0 radical (unpaired) electrons. The molecule has 1 aromatic rings. The molecule has 2 heterocycles. The molecule has 2 fully saturated rings. The predicted molar refractivity (Wildman–Crippen MR) is 181 cm³/mol. The lowest BCUT2D eigenvalue weighted by Gasteiger charge is -2.49. The van der Waals surface area contributed by atoms with Gasteiger partial charge in [0.25, 0.3) is 5.67 Å². The van der Waals surface area contributed by atoms with E-state index in [9.17, 15) is 19.5 Å². The van der Waals surface area contributed by atoms with Crippen LogP contribution in [0.2, 0.25) is 0 Å². The number of carbonyl (C=O) groups excluding carboxylic acids is 3. The minimum Gasteiger partial charge on any atom is -0.457 e. The monoisotopic (exact) mass is 674 g/mol. The lowest BCUT2D eigenvalue weighted by molar-refractivity contribution is -0.198. The first-order valence-corrected chi connectivity index (χ1v) is 16.9. The smallest absolute Gasteiger partial charge is 0.351 e. The summed E-state index contributed by atoms with van der Waals surface area (Å²) in [6, 6.07) is 9.51. The highest BCUT2D eigenvalue weighted by molar-refractivity contribution is 6.07. The Morgan fingerprint density at radius 1 is 1.06 bits per heavy atom. The summed E-state index contributed by atoms with van der Waals surface area (Å²) in [6.45, 7) is 18.4. The zero-order chi connectivity index (χ0) is 36.2. The first-order chi connectivity index (χ1) is 22.2. The zero-order valence-electron chi connectivity index (χ0n) is 30.5. The Morgan fingerprint density at radius 3 is 2.25 bits per heavy atom. The Kier molecular flexibility index (Phi) is 12.5. The van der Waals surface area contributed by atoms with Gasteiger partial charge < -0.3 is 24.2 Å². The van der Waals surface area contributed by atoms with Crippen LogP contribution in [0.5, 0.6) is 0 Å². The van der Waals surface area contributed by atoms with Crippen molar-refractivity contribution in [2.24, 2.45) is 39.2 Å². The van der Waals surface area contributed by atoms with Crippen LogP contribution >= 0.6 is 0 Å². The molecule has 3 rings (SSSR count). The van der Waals surface area contributed by atoms with E-state index in [0.29, 0.717) is 11.4 Å². The summed E-state index contributed by atoms with van der Waals surface area (Å²) < 4.78 is 35.3. The molecule has 11 heteroatoms. The topological polar surface area (TPSA) is 133 Å². The maximum Gasteiger partial charge on any atom is 0.351 e. The van der Waals surface area contributed by atoms with E-state index in [4.69, 9.17) is 19.0 Å². The van der Waals surface area contributed by atoms with Crippen molar-refractivity contribution in [2.75, 3.05) is 13.2 Å². The van der Waals surface area contributed by atoms with Gasteiger partial charge in [0, 0.05) is 30.4 Å². The Bertz CT molecular complexity index is 1370. The molecule has 10 nitrogen and oxygen atoms in total. The summed E-state index contributed by atoms with van der Waals surface area (Å²) in [6.07, 6.45) is -2.07. The molecule has 9 atom stereocenters. The van der Waals surface area contributed by atoms with E-state index in [2.05, 4.69) is 10.1 Å². The molecule has 0 aromatic heterocycles. The van der Waals surface area contributed by atoms with E-state index in [1.54, 1.807) is 20.8 Å². The number of Topliss-reactive ketones (excluding diaryl/α,β-unsaturated/α-hetero) is 1. The van der Waals surface area contributed by atoms with E-state index in [-0.39, 0.29) is 32.7 Å². The van der Waals surface area contributed by atoms with Crippen LogP contribution < -0.4 is 0 Å². The van der Waals surface area contributed by atoms with Crippen molar-refractivity contribution in [3.05, 3.63) is 35.9 Å². The van der Waals surface area contributed by atoms with Crippen molar-refractivity contribution >= 4 is 29.1 Å². The van der Waals surface area contributed by atoms with E-state index < -0.39 is 75.8 Å². The standard InChI is InChI=1S/C37H55FN2O8/c1-12-28-37(11,44)32-23(3)29(39-25(5)41)22(2)18-35(9,30(34(6,7)8)24(4)31(42)36(10,38)33(43)48-28)46-21-27(20-45-32)40-47-19-26-16-14-13-15-17-26/h13-17,22-24,28,30,32,44H,12,18-21H2,1-11H3/b39-29?,40-27-. The number of oxime groups is 1. The number of halogens is 1. The highest BCUT2D eigenvalue weighted by atomic mass is 19.1. The number of nitrogens with zero attached hydrogens (tertiary/aromatic N) is 2. The Hall–Kier alpha value is -3.02. The number of cyclic esters (lactones) is 1. The molecular formula is C37H55FN2O8. The van der Waals surface area contributed by atoms with Crippen LogP contribution in [0.4, 0.5) is 4.39 Å².